The molecule has 0 unspecified atom stereocenters. The Labute approximate surface area is 169 Å². The minimum absolute atomic E-state index is 0.680. The standard InChI is InChI=1S/C21H21ClN6/c22-17-5-3-6-18(14-17)26-10-12-27(13-11-26)20-15-23-25-21(24-20)28-9-8-16-4-1-2-7-19(16)28/h1-7,14-15H,8-13H2. The van der Waals surface area contributed by atoms with Gasteiger partial charge in [0.2, 0.25) is 0 Å². The van der Waals surface area contributed by atoms with E-state index in [0.29, 0.717) is 5.95 Å². The predicted molar refractivity (Wildman–Crippen MR) is 113 cm³/mol. The van der Waals surface area contributed by atoms with Gasteiger partial charge in [0.25, 0.3) is 5.95 Å². The van der Waals surface area contributed by atoms with Crippen LogP contribution in [0.3, 0.4) is 0 Å². The fourth-order valence-electron chi connectivity index (χ4n) is 3.97. The summed E-state index contributed by atoms with van der Waals surface area (Å²) >= 11 is 6.14. The molecule has 5 rings (SSSR count). The van der Waals surface area contributed by atoms with Crippen LogP contribution in [0.25, 0.3) is 0 Å². The van der Waals surface area contributed by atoms with Gasteiger partial charge >= 0.3 is 0 Å². The van der Waals surface area contributed by atoms with Crippen molar-refractivity contribution in [3.8, 4) is 0 Å². The number of piperazine rings is 1. The lowest BCUT2D eigenvalue weighted by Gasteiger charge is -2.36. The highest BCUT2D eigenvalue weighted by Crippen LogP contribution is 2.32. The van der Waals surface area contributed by atoms with Crippen LogP contribution in [0.1, 0.15) is 5.56 Å². The third-order valence-electron chi connectivity index (χ3n) is 5.44. The molecule has 3 aromatic rings. The third-order valence-corrected chi connectivity index (χ3v) is 5.68. The van der Waals surface area contributed by atoms with Crippen LogP contribution in [-0.4, -0.2) is 47.9 Å². The number of anilines is 4. The van der Waals surface area contributed by atoms with Gasteiger partial charge in [-0.15, -0.1) is 5.10 Å². The molecule has 0 aliphatic carbocycles. The zero-order chi connectivity index (χ0) is 18.9. The number of benzene rings is 2. The first-order valence-corrected chi connectivity index (χ1v) is 9.96. The SMILES string of the molecule is Clc1cccc(N2CCN(c3cnnc(N4CCc5ccccc54)n3)CC2)c1. The van der Waals surface area contributed by atoms with Crippen molar-refractivity contribution in [1.29, 1.82) is 0 Å². The van der Waals surface area contributed by atoms with Gasteiger partial charge in [-0.2, -0.15) is 10.1 Å². The van der Waals surface area contributed by atoms with E-state index in [1.807, 2.05) is 18.2 Å². The maximum atomic E-state index is 6.14. The first kappa shape index (κ1) is 17.3. The maximum absolute atomic E-state index is 6.14. The van der Waals surface area contributed by atoms with E-state index < -0.39 is 0 Å². The highest BCUT2D eigenvalue weighted by atomic mass is 35.5. The molecule has 2 aliphatic heterocycles. The van der Waals surface area contributed by atoms with Crippen molar-refractivity contribution >= 4 is 34.7 Å². The average Bonchev–Trinajstić information content (AvgIpc) is 3.18. The molecule has 0 amide bonds. The van der Waals surface area contributed by atoms with E-state index in [4.69, 9.17) is 16.6 Å². The molecule has 1 saturated heterocycles. The van der Waals surface area contributed by atoms with E-state index in [0.717, 1.165) is 50.0 Å². The highest BCUT2D eigenvalue weighted by Gasteiger charge is 2.24. The van der Waals surface area contributed by atoms with Crippen molar-refractivity contribution in [2.24, 2.45) is 0 Å². The van der Waals surface area contributed by atoms with Gasteiger partial charge in [0, 0.05) is 49.1 Å². The van der Waals surface area contributed by atoms with Crippen LogP contribution < -0.4 is 14.7 Å². The summed E-state index contributed by atoms with van der Waals surface area (Å²) in [5.41, 5.74) is 3.70. The molecule has 7 heteroatoms. The zero-order valence-corrected chi connectivity index (χ0v) is 16.3. The number of rotatable bonds is 3. The second kappa shape index (κ2) is 7.28. The van der Waals surface area contributed by atoms with Crippen LogP contribution in [0.4, 0.5) is 23.1 Å². The Bertz CT molecular complexity index is 986. The maximum Gasteiger partial charge on any atom is 0.251 e. The fourth-order valence-corrected chi connectivity index (χ4v) is 4.15. The molecule has 1 fully saturated rings. The number of para-hydroxylation sites is 1. The van der Waals surface area contributed by atoms with E-state index >= 15 is 0 Å². The molecule has 0 spiro atoms. The van der Waals surface area contributed by atoms with Gasteiger partial charge < -0.3 is 14.7 Å². The first-order valence-electron chi connectivity index (χ1n) is 9.58. The molecule has 1 aromatic heterocycles. The molecule has 2 aliphatic rings. The number of fused-ring (bicyclic) bond motifs is 1. The monoisotopic (exact) mass is 392 g/mol. The Kier molecular flexibility index (Phi) is 4.49. The van der Waals surface area contributed by atoms with Gasteiger partial charge in [0.15, 0.2) is 5.82 Å². The smallest absolute Gasteiger partial charge is 0.251 e. The number of halogens is 1. The summed E-state index contributed by atoms with van der Waals surface area (Å²) < 4.78 is 0. The van der Waals surface area contributed by atoms with E-state index in [2.05, 4.69) is 55.2 Å². The molecule has 0 atom stereocenters. The molecule has 0 radical (unpaired) electrons. The Morgan fingerprint density at radius 1 is 0.857 bits per heavy atom. The van der Waals surface area contributed by atoms with Gasteiger partial charge in [-0.25, -0.2) is 0 Å². The molecular weight excluding hydrogens is 372 g/mol. The predicted octanol–water partition coefficient (Wildman–Crippen LogP) is 3.55. The van der Waals surface area contributed by atoms with Crippen molar-refractivity contribution in [2.75, 3.05) is 47.4 Å². The van der Waals surface area contributed by atoms with Crippen molar-refractivity contribution in [2.45, 2.75) is 6.42 Å². The quantitative estimate of drug-likeness (QED) is 0.679. The molecule has 3 heterocycles. The minimum Gasteiger partial charge on any atom is -0.368 e. The molecule has 0 saturated carbocycles. The molecule has 2 aromatic carbocycles. The van der Waals surface area contributed by atoms with Crippen molar-refractivity contribution in [1.82, 2.24) is 15.2 Å². The van der Waals surface area contributed by atoms with Crippen LogP contribution in [0.2, 0.25) is 5.02 Å². The largest absolute Gasteiger partial charge is 0.368 e. The fraction of sp³-hybridized carbons (Fsp3) is 0.286. The van der Waals surface area contributed by atoms with Gasteiger partial charge in [-0.1, -0.05) is 35.9 Å². The summed E-state index contributed by atoms with van der Waals surface area (Å²) in [4.78, 5) is 11.6. The minimum atomic E-state index is 0.680. The van der Waals surface area contributed by atoms with Crippen LogP contribution in [0.15, 0.2) is 54.7 Å². The summed E-state index contributed by atoms with van der Waals surface area (Å²) in [5.74, 6) is 1.57. The summed E-state index contributed by atoms with van der Waals surface area (Å²) in [6.07, 6.45) is 2.78. The normalized spacial score (nSPS) is 16.4. The van der Waals surface area contributed by atoms with Crippen LogP contribution in [-0.2, 0) is 6.42 Å². The lowest BCUT2D eigenvalue weighted by atomic mass is 10.2. The van der Waals surface area contributed by atoms with E-state index in [9.17, 15) is 0 Å². The second-order valence-corrected chi connectivity index (χ2v) is 7.54. The van der Waals surface area contributed by atoms with Crippen LogP contribution in [0.5, 0.6) is 0 Å². The average molecular weight is 393 g/mol. The summed E-state index contributed by atoms with van der Waals surface area (Å²) in [7, 11) is 0. The Morgan fingerprint density at radius 2 is 1.68 bits per heavy atom. The Balaban J connectivity index is 1.31. The molecule has 6 nitrogen and oxygen atoms in total. The molecule has 28 heavy (non-hydrogen) atoms. The zero-order valence-electron chi connectivity index (χ0n) is 15.5. The molecule has 142 valence electrons. The third kappa shape index (κ3) is 3.24. The number of nitrogens with zero attached hydrogens (tertiary/aromatic N) is 6. The topological polar surface area (TPSA) is 48.4 Å². The number of aromatic nitrogens is 3. The second-order valence-electron chi connectivity index (χ2n) is 7.10. The van der Waals surface area contributed by atoms with Gasteiger partial charge in [0.05, 0.1) is 6.20 Å². The lowest BCUT2D eigenvalue weighted by Crippen LogP contribution is -2.47. The van der Waals surface area contributed by atoms with Crippen molar-refractivity contribution in [3.63, 3.8) is 0 Å². The van der Waals surface area contributed by atoms with E-state index in [1.54, 1.807) is 6.20 Å². The molecule has 0 N–H and O–H groups in total. The number of hydrogen-bond acceptors (Lipinski definition) is 6. The Morgan fingerprint density at radius 3 is 2.54 bits per heavy atom. The van der Waals surface area contributed by atoms with Crippen molar-refractivity contribution in [3.05, 3.63) is 65.3 Å². The highest BCUT2D eigenvalue weighted by molar-refractivity contribution is 6.30. The van der Waals surface area contributed by atoms with Gasteiger partial charge in [0.1, 0.15) is 0 Å². The molecular formula is C21H21ClN6. The summed E-state index contributed by atoms with van der Waals surface area (Å²) in [5, 5.41) is 9.31. The van der Waals surface area contributed by atoms with Crippen molar-refractivity contribution < 1.29 is 0 Å². The van der Waals surface area contributed by atoms with Gasteiger partial charge in [-0.3, -0.25) is 0 Å². The first-order chi connectivity index (χ1) is 13.8. The summed E-state index contributed by atoms with van der Waals surface area (Å²) in [6.45, 7) is 4.52. The Hall–Kier alpha value is -2.86. The number of hydrogen-bond donors (Lipinski definition) is 0. The van der Waals surface area contributed by atoms with Gasteiger partial charge in [-0.05, 0) is 36.2 Å². The van der Waals surface area contributed by atoms with Crippen LogP contribution in [0, 0.1) is 0 Å². The lowest BCUT2D eigenvalue weighted by molar-refractivity contribution is 0.644. The molecule has 0 bridgehead atoms. The summed E-state index contributed by atoms with van der Waals surface area (Å²) in [6, 6.07) is 16.5. The van der Waals surface area contributed by atoms with E-state index in [-0.39, 0.29) is 0 Å². The van der Waals surface area contributed by atoms with Crippen LogP contribution >= 0.6 is 11.6 Å². The van der Waals surface area contributed by atoms with E-state index in [1.165, 1.54) is 16.9 Å².